The molecule has 8 rings (SSSR count). The van der Waals surface area contributed by atoms with Gasteiger partial charge in [-0.2, -0.15) is 18.3 Å². The van der Waals surface area contributed by atoms with Crippen molar-refractivity contribution < 1.29 is 13.2 Å². The maximum Gasteiger partial charge on any atom is 0.433 e. The lowest BCUT2D eigenvalue weighted by atomic mass is 9.86. The summed E-state index contributed by atoms with van der Waals surface area (Å²) in [5.74, 6) is 1.28. The van der Waals surface area contributed by atoms with Crippen LogP contribution >= 0.6 is 0 Å². The molecule has 0 amide bonds. The zero-order valence-electron chi connectivity index (χ0n) is 22.2. The highest BCUT2D eigenvalue weighted by Gasteiger charge is 2.45. The van der Waals surface area contributed by atoms with Gasteiger partial charge in [-0.05, 0) is 55.3 Å². The van der Waals surface area contributed by atoms with E-state index in [0.717, 1.165) is 59.5 Å². The summed E-state index contributed by atoms with van der Waals surface area (Å²) in [5, 5.41) is 11.1. The van der Waals surface area contributed by atoms with E-state index in [1.165, 1.54) is 12.3 Å². The fraction of sp³-hybridized carbons (Fsp3) is 0.310. The Morgan fingerprint density at radius 3 is 2.49 bits per heavy atom. The number of aliphatic imine (C=N–C) groups is 1. The minimum Gasteiger partial charge on any atom is -0.383 e. The van der Waals surface area contributed by atoms with Gasteiger partial charge >= 0.3 is 6.18 Å². The number of benzene rings is 1. The smallest absolute Gasteiger partial charge is 0.383 e. The average Bonchev–Trinajstić information content (AvgIpc) is 3.42. The molecule has 4 N–H and O–H groups in total. The van der Waals surface area contributed by atoms with Crippen LogP contribution in [0.1, 0.15) is 40.2 Å². The number of alkyl halides is 3. The molecule has 3 aromatic heterocycles. The molecule has 4 aromatic rings. The number of pyridine rings is 2. The second-order valence-electron chi connectivity index (χ2n) is 10.9. The van der Waals surface area contributed by atoms with E-state index >= 15 is 0 Å². The van der Waals surface area contributed by atoms with E-state index in [-0.39, 0.29) is 0 Å². The fourth-order valence-corrected chi connectivity index (χ4v) is 6.10. The van der Waals surface area contributed by atoms with Crippen LogP contribution in [-0.2, 0) is 18.4 Å². The Morgan fingerprint density at radius 1 is 1.02 bits per heavy atom. The molecule has 4 aliphatic heterocycles. The number of aromatic nitrogens is 4. The molecule has 210 valence electrons. The fourth-order valence-electron chi connectivity index (χ4n) is 6.10. The normalized spacial score (nSPS) is 23.8. The first-order chi connectivity index (χ1) is 19.7. The molecule has 3 fully saturated rings. The van der Waals surface area contributed by atoms with Crippen molar-refractivity contribution in [1.82, 2.24) is 25.1 Å². The van der Waals surface area contributed by atoms with E-state index in [1.54, 1.807) is 0 Å². The number of nitrogens with zero attached hydrogens (tertiary/aromatic N) is 6. The second kappa shape index (κ2) is 9.30. The van der Waals surface area contributed by atoms with E-state index in [9.17, 15) is 13.2 Å². The van der Waals surface area contributed by atoms with Crippen molar-refractivity contribution in [2.45, 2.75) is 43.8 Å². The van der Waals surface area contributed by atoms with Gasteiger partial charge in [0, 0.05) is 66.6 Å². The summed E-state index contributed by atoms with van der Waals surface area (Å²) in [4.78, 5) is 18.0. The number of para-hydroxylation sites is 1. The number of piperazine rings is 1. The second-order valence-corrected chi connectivity index (χ2v) is 10.9. The van der Waals surface area contributed by atoms with Gasteiger partial charge < -0.3 is 16.0 Å². The summed E-state index contributed by atoms with van der Waals surface area (Å²) in [6.45, 7) is 4.10. The number of aryl methyl sites for hydroxylation is 1. The van der Waals surface area contributed by atoms with Gasteiger partial charge in [0.05, 0.1) is 0 Å². The first kappa shape index (κ1) is 25.5. The Kier molecular flexibility index (Phi) is 5.79. The Morgan fingerprint density at radius 2 is 1.83 bits per heavy atom. The van der Waals surface area contributed by atoms with Crippen molar-refractivity contribution in [1.29, 1.82) is 0 Å². The van der Waals surface area contributed by atoms with Crippen LogP contribution in [-0.4, -0.2) is 56.1 Å². The summed E-state index contributed by atoms with van der Waals surface area (Å²) in [6, 6.07) is 16.9. The molecule has 3 atom stereocenters. The van der Waals surface area contributed by atoms with Gasteiger partial charge in [0.15, 0.2) is 0 Å². The van der Waals surface area contributed by atoms with Crippen molar-refractivity contribution >= 4 is 17.3 Å². The van der Waals surface area contributed by atoms with Gasteiger partial charge in [-0.25, -0.2) is 9.98 Å². The molecule has 0 radical (unpaired) electrons. The molecule has 0 spiro atoms. The SMILES string of the molecule is Cc1cc(C2(c3ccc(N4CC5CC(C4)N5Cc4ccc(C(F)(F)F)nc4)nc3)N=C(N)c3ccccc3N2)n[nH]1. The minimum absolute atomic E-state index is 0.303. The van der Waals surface area contributed by atoms with Crippen LogP contribution < -0.4 is 16.0 Å². The Hall–Kier alpha value is -4.45. The van der Waals surface area contributed by atoms with Crippen molar-refractivity contribution in [3.63, 3.8) is 0 Å². The Balaban J connectivity index is 1.10. The monoisotopic (exact) mass is 559 g/mol. The minimum atomic E-state index is -4.43. The summed E-state index contributed by atoms with van der Waals surface area (Å²) < 4.78 is 38.6. The predicted molar refractivity (Wildman–Crippen MR) is 148 cm³/mol. The zero-order chi connectivity index (χ0) is 28.4. The Labute approximate surface area is 234 Å². The topological polar surface area (TPSA) is 111 Å². The summed E-state index contributed by atoms with van der Waals surface area (Å²) in [7, 11) is 0. The third kappa shape index (κ3) is 4.38. The van der Waals surface area contributed by atoms with Gasteiger partial charge in [0.1, 0.15) is 23.0 Å². The molecule has 0 aliphatic carbocycles. The highest BCUT2D eigenvalue weighted by Crippen LogP contribution is 2.40. The number of amidine groups is 1. The van der Waals surface area contributed by atoms with E-state index in [4.69, 9.17) is 15.7 Å². The zero-order valence-corrected chi connectivity index (χ0v) is 22.2. The third-order valence-corrected chi connectivity index (χ3v) is 8.20. The number of nitrogens with one attached hydrogen (secondary N) is 2. The van der Waals surface area contributed by atoms with Crippen LogP contribution in [0.15, 0.2) is 72.0 Å². The number of nitrogens with two attached hydrogens (primary N) is 1. The number of hydrogen-bond donors (Lipinski definition) is 3. The summed E-state index contributed by atoms with van der Waals surface area (Å²) in [5.41, 5.74) is 9.44. The number of aromatic amines is 1. The number of rotatable bonds is 5. The van der Waals surface area contributed by atoms with E-state index in [1.807, 2.05) is 55.6 Å². The average molecular weight is 560 g/mol. The molecule has 3 saturated heterocycles. The van der Waals surface area contributed by atoms with Crippen molar-refractivity contribution in [2.75, 3.05) is 23.3 Å². The molecule has 9 nitrogen and oxygen atoms in total. The quantitative estimate of drug-likeness (QED) is 0.339. The summed E-state index contributed by atoms with van der Waals surface area (Å²) >= 11 is 0. The van der Waals surface area contributed by atoms with E-state index < -0.39 is 17.5 Å². The lowest BCUT2D eigenvalue weighted by Crippen LogP contribution is -2.68. The van der Waals surface area contributed by atoms with Crippen LogP contribution in [0.4, 0.5) is 24.7 Å². The number of piperidine rings is 1. The predicted octanol–water partition coefficient (Wildman–Crippen LogP) is 4.02. The highest BCUT2D eigenvalue weighted by atomic mass is 19.4. The molecule has 12 heteroatoms. The molecular formula is C29H28F3N9. The van der Waals surface area contributed by atoms with Crippen LogP contribution in [0, 0.1) is 6.92 Å². The first-order valence-electron chi connectivity index (χ1n) is 13.4. The lowest BCUT2D eigenvalue weighted by Gasteiger charge is -2.56. The van der Waals surface area contributed by atoms with Crippen LogP contribution in [0.3, 0.4) is 0 Å². The first-order valence-corrected chi connectivity index (χ1v) is 13.4. The maximum absolute atomic E-state index is 12.9. The molecule has 3 unspecified atom stereocenters. The van der Waals surface area contributed by atoms with Gasteiger partial charge in [0.2, 0.25) is 5.66 Å². The molecule has 41 heavy (non-hydrogen) atoms. The Bertz CT molecular complexity index is 1600. The van der Waals surface area contributed by atoms with E-state index in [0.29, 0.717) is 30.2 Å². The molecule has 1 aromatic carbocycles. The highest BCUT2D eigenvalue weighted by molar-refractivity contribution is 6.04. The lowest BCUT2D eigenvalue weighted by molar-refractivity contribution is -0.141. The molecule has 0 saturated carbocycles. The molecular weight excluding hydrogens is 531 g/mol. The molecule has 2 bridgehead atoms. The van der Waals surface area contributed by atoms with Crippen LogP contribution in [0.25, 0.3) is 0 Å². The van der Waals surface area contributed by atoms with Gasteiger partial charge in [0.25, 0.3) is 0 Å². The van der Waals surface area contributed by atoms with Crippen LogP contribution in [0.2, 0.25) is 0 Å². The number of fused-ring (bicyclic) bond motifs is 3. The number of anilines is 2. The van der Waals surface area contributed by atoms with Crippen molar-refractivity contribution in [2.24, 2.45) is 10.7 Å². The number of halogens is 3. The van der Waals surface area contributed by atoms with Gasteiger partial charge in [-0.15, -0.1) is 0 Å². The van der Waals surface area contributed by atoms with Crippen molar-refractivity contribution in [3.05, 3.63) is 101 Å². The molecule has 7 heterocycles. The summed E-state index contributed by atoms with van der Waals surface area (Å²) in [6.07, 6.45) is -0.217. The van der Waals surface area contributed by atoms with Crippen molar-refractivity contribution in [3.8, 4) is 0 Å². The standard InChI is InChI=1S/C29H28F3N9/c1-17-10-25(39-38-17)28(36-23-5-3-2-4-22(23)27(33)37-28)19-7-9-26(35-13-19)40-15-20-11-21(16-40)41(20)14-18-6-8-24(34-12-18)29(30,31)32/h2-10,12-13,20-21,36H,11,14-16H2,1H3,(H2,33,37)(H,38,39). The number of hydrogen-bond acceptors (Lipinski definition) is 8. The third-order valence-electron chi connectivity index (χ3n) is 8.20. The van der Waals surface area contributed by atoms with Crippen LogP contribution in [0.5, 0.6) is 0 Å². The van der Waals surface area contributed by atoms with Gasteiger partial charge in [-0.3, -0.25) is 15.0 Å². The largest absolute Gasteiger partial charge is 0.433 e. The maximum atomic E-state index is 12.9. The van der Waals surface area contributed by atoms with E-state index in [2.05, 4.69) is 30.3 Å². The number of H-pyrrole nitrogens is 1. The van der Waals surface area contributed by atoms with Gasteiger partial charge in [-0.1, -0.05) is 18.2 Å². The molecule has 4 aliphatic rings.